The third-order valence-electron chi connectivity index (χ3n) is 12.4. The Morgan fingerprint density at radius 1 is 0.897 bits per heavy atom. The minimum atomic E-state index is -2.36. The highest BCUT2D eigenvalue weighted by Crippen LogP contribution is 2.60. The van der Waals surface area contributed by atoms with Gasteiger partial charge < -0.3 is 19.5 Å². The minimum absolute atomic E-state index is 0.0574. The molecule has 5 atom stereocenters. The maximum absolute atomic E-state index is 15.3. The number of aromatic nitrogens is 3. The van der Waals surface area contributed by atoms with Crippen LogP contribution in [0, 0.1) is 5.92 Å². The Bertz CT molecular complexity index is 2360. The lowest BCUT2D eigenvalue weighted by Gasteiger charge is -2.37. The van der Waals surface area contributed by atoms with Gasteiger partial charge in [0.15, 0.2) is 5.60 Å². The van der Waals surface area contributed by atoms with E-state index in [1.165, 1.54) is 5.19 Å². The molecule has 0 radical (unpaired) electrons. The first-order valence-corrected chi connectivity index (χ1v) is 23.0. The first kappa shape index (κ1) is 39.0. The number of benzene rings is 5. The van der Waals surface area contributed by atoms with Crippen LogP contribution in [0.3, 0.4) is 0 Å². The summed E-state index contributed by atoms with van der Waals surface area (Å²) in [5.74, 6) is 0.307. The highest BCUT2D eigenvalue weighted by molar-refractivity contribution is 6.91. The third-order valence-corrected chi connectivity index (χ3v) is 16.7. The van der Waals surface area contributed by atoms with E-state index in [0.717, 1.165) is 45.9 Å². The van der Waals surface area contributed by atoms with E-state index >= 15 is 4.79 Å². The van der Waals surface area contributed by atoms with E-state index in [1.54, 1.807) is 12.0 Å². The second kappa shape index (κ2) is 16.2. The molecular formula is C47H49N5O5Si. The average molecular weight is 792 g/mol. The number of ether oxygens (including phenoxy) is 2. The van der Waals surface area contributed by atoms with Crippen molar-refractivity contribution in [2.75, 3.05) is 23.5 Å². The van der Waals surface area contributed by atoms with Crippen molar-refractivity contribution in [3.05, 3.63) is 162 Å². The quantitative estimate of drug-likeness (QED) is 0.0897. The molecule has 3 heterocycles. The number of amides is 2. The SMILES string of the molecule is COc1ccc([Si](C)(C)[C@@H]2[C@@H](CCn3cc(C(CO)c4ccccc4)nn3)O[C@]3(C(=O)N(Cc4ccc(N(C=O)c5ccccc5)cc4)c4ccccc43)[C@H]2C)cc1. The molecule has 11 heteroatoms. The first-order valence-electron chi connectivity index (χ1n) is 19.9. The number of carbonyl (C=O) groups excluding carboxylic acids is 2. The Labute approximate surface area is 340 Å². The first-order chi connectivity index (χ1) is 28.2. The van der Waals surface area contributed by atoms with E-state index in [1.807, 2.05) is 131 Å². The van der Waals surface area contributed by atoms with Gasteiger partial charge in [-0.15, -0.1) is 5.10 Å². The minimum Gasteiger partial charge on any atom is -0.497 e. The summed E-state index contributed by atoms with van der Waals surface area (Å²) in [6, 6.07) is 43.6. The van der Waals surface area contributed by atoms with Gasteiger partial charge in [-0.25, -0.2) is 0 Å². The van der Waals surface area contributed by atoms with Crippen LogP contribution in [0.4, 0.5) is 17.1 Å². The fourth-order valence-corrected chi connectivity index (χ4v) is 13.5. The molecule has 8 rings (SSSR count). The van der Waals surface area contributed by atoms with Crippen molar-refractivity contribution in [2.45, 2.75) is 62.7 Å². The summed E-state index contributed by atoms with van der Waals surface area (Å²) in [4.78, 5) is 30.9. The summed E-state index contributed by atoms with van der Waals surface area (Å²) in [5, 5.41) is 20.6. The molecule has 1 N–H and O–H groups in total. The number of rotatable bonds is 14. The van der Waals surface area contributed by atoms with Crippen molar-refractivity contribution < 1.29 is 24.2 Å². The highest BCUT2D eigenvalue weighted by atomic mass is 28.3. The largest absolute Gasteiger partial charge is 0.497 e. The molecular weight excluding hydrogens is 743 g/mol. The Kier molecular flexibility index (Phi) is 10.9. The van der Waals surface area contributed by atoms with Crippen molar-refractivity contribution in [1.82, 2.24) is 15.0 Å². The Morgan fingerprint density at radius 3 is 2.22 bits per heavy atom. The number of fused-ring (bicyclic) bond motifs is 2. The topological polar surface area (TPSA) is 110 Å². The van der Waals surface area contributed by atoms with E-state index in [4.69, 9.17) is 9.47 Å². The monoisotopic (exact) mass is 791 g/mol. The third kappa shape index (κ3) is 6.93. The van der Waals surface area contributed by atoms with Gasteiger partial charge >= 0.3 is 0 Å². The summed E-state index contributed by atoms with van der Waals surface area (Å²) in [5.41, 5.74) is 4.75. The Hall–Kier alpha value is -5.88. The number of aliphatic hydroxyl groups is 1. The predicted octanol–water partition coefficient (Wildman–Crippen LogP) is 7.56. The summed E-state index contributed by atoms with van der Waals surface area (Å²) < 4.78 is 14.7. The maximum atomic E-state index is 15.3. The molecule has 1 fully saturated rings. The Balaban J connectivity index is 1.11. The highest BCUT2D eigenvalue weighted by Gasteiger charge is 2.66. The molecule has 1 spiro atoms. The lowest BCUT2D eigenvalue weighted by molar-refractivity contribution is -0.146. The molecule has 2 aliphatic heterocycles. The van der Waals surface area contributed by atoms with Crippen LogP contribution in [0.25, 0.3) is 0 Å². The second-order valence-corrected chi connectivity index (χ2v) is 20.6. The standard InChI is InChI=1S/C47H49N5O5Si/c1-33-45(58(3,4)39-25-23-38(56-2)24-26-39)44(27-28-50-30-42(48-49-50)40(31-53)35-13-7-5-8-14-35)57-47(33)41-17-11-12-18-43(41)51(46(47)55)29-34-19-21-37(22-20-34)52(32-54)36-15-9-6-10-16-36/h5-26,30,32-33,40,44-45,53H,27-29,31H2,1-4H3/t33-,40?,44+,45-,47+/m0/s1. The zero-order chi connectivity index (χ0) is 40.4. The number of nitrogens with zero attached hydrogens (tertiary/aromatic N) is 5. The molecule has 0 saturated carbocycles. The van der Waals surface area contributed by atoms with Gasteiger partial charge in [0.25, 0.3) is 5.91 Å². The van der Waals surface area contributed by atoms with Crippen LogP contribution in [-0.2, 0) is 33.0 Å². The Morgan fingerprint density at radius 2 is 1.55 bits per heavy atom. The van der Waals surface area contributed by atoms with Crippen molar-refractivity contribution >= 4 is 42.6 Å². The van der Waals surface area contributed by atoms with Crippen LogP contribution >= 0.6 is 0 Å². The molecule has 58 heavy (non-hydrogen) atoms. The van der Waals surface area contributed by atoms with Gasteiger partial charge in [0, 0.05) is 35.6 Å². The molecule has 0 aliphatic carbocycles. The summed E-state index contributed by atoms with van der Waals surface area (Å²) >= 11 is 0. The van der Waals surface area contributed by atoms with Crippen LogP contribution in [-0.4, -0.2) is 60.3 Å². The van der Waals surface area contributed by atoms with Gasteiger partial charge in [-0.2, -0.15) is 0 Å². The van der Waals surface area contributed by atoms with Crippen molar-refractivity contribution in [2.24, 2.45) is 5.92 Å². The van der Waals surface area contributed by atoms with Gasteiger partial charge in [-0.3, -0.25) is 19.2 Å². The number of para-hydroxylation sites is 2. The number of hydrogen-bond donors (Lipinski definition) is 1. The van der Waals surface area contributed by atoms with E-state index in [0.29, 0.717) is 25.2 Å². The number of carbonyl (C=O) groups is 2. The van der Waals surface area contributed by atoms with Gasteiger partial charge in [0.05, 0.1) is 51.7 Å². The fourth-order valence-electron chi connectivity index (χ4n) is 9.40. The maximum Gasteiger partial charge on any atom is 0.264 e. The van der Waals surface area contributed by atoms with E-state index < -0.39 is 13.7 Å². The lowest BCUT2D eigenvalue weighted by Crippen LogP contribution is -2.51. The van der Waals surface area contributed by atoms with Crippen LogP contribution in [0.2, 0.25) is 18.6 Å². The number of anilines is 3. The van der Waals surface area contributed by atoms with Gasteiger partial charge in [0.2, 0.25) is 6.41 Å². The molecule has 5 aromatic carbocycles. The average Bonchev–Trinajstić information content (AvgIpc) is 3.92. The zero-order valence-corrected chi connectivity index (χ0v) is 34.3. The number of hydrogen-bond acceptors (Lipinski definition) is 7. The van der Waals surface area contributed by atoms with E-state index in [-0.39, 0.29) is 36.0 Å². The van der Waals surface area contributed by atoms with Crippen molar-refractivity contribution in [1.29, 1.82) is 0 Å². The second-order valence-electron chi connectivity index (χ2n) is 15.9. The van der Waals surface area contributed by atoms with Gasteiger partial charge in [-0.1, -0.05) is 121 Å². The zero-order valence-electron chi connectivity index (χ0n) is 33.3. The summed E-state index contributed by atoms with van der Waals surface area (Å²) in [7, 11) is -0.684. The van der Waals surface area contributed by atoms with E-state index in [2.05, 4.69) is 48.5 Å². The molecule has 1 unspecified atom stereocenters. The van der Waals surface area contributed by atoms with Crippen LogP contribution < -0.4 is 19.7 Å². The molecule has 2 aliphatic rings. The van der Waals surface area contributed by atoms with Crippen molar-refractivity contribution in [3.63, 3.8) is 0 Å². The van der Waals surface area contributed by atoms with Crippen LogP contribution in [0.5, 0.6) is 5.75 Å². The van der Waals surface area contributed by atoms with Crippen LogP contribution in [0.1, 0.15) is 41.6 Å². The number of aryl methyl sites for hydroxylation is 1. The fraction of sp³-hybridized carbons (Fsp3) is 0.277. The normalized spacial score (nSPS) is 20.6. The summed E-state index contributed by atoms with van der Waals surface area (Å²) in [6.07, 6.45) is 3.08. The molecule has 296 valence electrons. The molecule has 2 amide bonds. The smallest absolute Gasteiger partial charge is 0.264 e. The number of methoxy groups -OCH3 is 1. The molecule has 1 aromatic heterocycles. The van der Waals surface area contributed by atoms with Gasteiger partial charge in [-0.05, 0) is 65.6 Å². The lowest BCUT2D eigenvalue weighted by atomic mass is 9.82. The predicted molar refractivity (Wildman–Crippen MR) is 228 cm³/mol. The molecule has 1 saturated heterocycles. The molecule has 6 aromatic rings. The van der Waals surface area contributed by atoms with Crippen molar-refractivity contribution in [3.8, 4) is 5.75 Å². The summed E-state index contributed by atoms with van der Waals surface area (Å²) in [6.45, 7) is 7.77. The van der Waals surface area contributed by atoms with Crippen LogP contribution in [0.15, 0.2) is 140 Å². The van der Waals surface area contributed by atoms with E-state index in [9.17, 15) is 9.90 Å². The number of aliphatic hydroxyl groups excluding tert-OH is 1. The van der Waals surface area contributed by atoms with Gasteiger partial charge in [0.1, 0.15) is 5.75 Å². The molecule has 0 bridgehead atoms. The molecule has 10 nitrogen and oxygen atoms in total.